The summed E-state index contributed by atoms with van der Waals surface area (Å²) in [6.07, 6.45) is 62.3. The Morgan fingerprint density at radius 2 is 0.639 bits per heavy atom. The van der Waals surface area contributed by atoms with Crippen molar-refractivity contribution in [1.82, 2.24) is 10.6 Å². The number of nitrogens with one attached hydrogen (secondary N) is 2. The summed E-state index contributed by atoms with van der Waals surface area (Å²) < 4.78 is 46.2. The van der Waals surface area contributed by atoms with Crippen LogP contribution in [0.2, 0.25) is 0 Å². The quantitative estimate of drug-likeness (QED) is 0.0165. The number of quaternary nitrogens is 2. The van der Waals surface area contributed by atoms with E-state index in [2.05, 4.69) is 38.3 Å². The van der Waals surface area contributed by atoms with Gasteiger partial charge in [-0.1, -0.05) is 335 Å². The number of likely N-dealkylation sites (N-methyl/N-ethyl adjacent to an activating group) is 2. The highest BCUT2D eigenvalue weighted by Crippen LogP contribution is 2.39. The van der Waals surface area contributed by atoms with Gasteiger partial charge in [0.2, 0.25) is 11.8 Å². The van der Waals surface area contributed by atoms with E-state index in [9.17, 15) is 43.8 Å². The first-order chi connectivity index (χ1) is 46.4. The van der Waals surface area contributed by atoms with Crippen molar-refractivity contribution < 1.29 is 70.9 Å². The minimum atomic E-state index is -4.65. The first-order valence-electron chi connectivity index (χ1n) is 40.5. The van der Waals surface area contributed by atoms with Crippen molar-refractivity contribution in [2.45, 2.75) is 398 Å². The molecule has 2 unspecified atom stereocenters. The summed E-state index contributed by atoms with van der Waals surface area (Å²) in [5.74, 6) is -0.476. The second kappa shape index (κ2) is 67.8. The number of amides is 2. The van der Waals surface area contributed by atoms with E-state index in [0.29, 0.717) is 34.9 Å². The van der Waals surface area contributed by atoms with Crippen LogP contribution in [0.25, 0.3) is 0 Å². The van der Waals surface area contributed by atoms with Gasteiger partial charge in [0.15, 0.2) is 0 Å². The summed E-state index contributed by atoms with van der Waals surface area (Å²) in [6.45, 7) is 9.06. The van der Waals surface area contributed by atoms with Crippen molar-refractivity contribution in [3.8, 4) is 0 Å². The van der Waals surface area contributed by atoms with E-state index in [-0.39, 0.29) is 38.1 Å². The van der Waals surface area contributed by atoms with Crippen molar-refractivity contribution in [2.24, 2.45) is 0 Å². The van der Waals surface area contributed by atoms with Crippen LogP contribution in [-0.4, -0.2) is 148 Å². The molecule has 2 amide bonds. The normalized spacial score (nSPS) is 15.0. The third-order valence-electron chi connectivity index (χ3n) is 18.4. The molecule has 0 aliphatic rings. The molecule has 0 saturated heterocycles. The Bertz CT molecular complexity index is 1860. The third kappa shape index (κ3) is 72.8. The van der Waals surface area contributed by atoms with Crippen LogP contribution >= 0.6 is 15.6 Å². The highest BCUT2D eigenvalue weighted by atomic mass is 31.2. The zero-order valence-electron chi connectivity index (χ0n) is 65.0. The van der Waals surface area contributed by atoms with Crippen molar-refractivity contribution in [3.05, 3.63) is 12.2 Å². The van der Waals surface area contributed by atoms with Crippen LogP contribution in [0.3, 0.4) is 0 Å². The molecule has 0 spiro atoms. The molecule has 0 aromatic rings. The maximum Gasteiger partial charge on any atom is 0.268 e. The van der Waals surface area contributed by atoms with E-state index >= 15 is 0 Å². The number of hydrogen-bond acceptors (Lipinski definition) is 13. The molecule has 0 aliphatic carbocycles. The number of carbonyl (C=O) groups is 2. The number of carbonyl (C=O) groups excluding carboxylic acids is 2. The lowest BCUT2D eigenvalue weighted by atomic mass is 9.99. The lowest BCUT2D eigenvalue weighted by Crippen LogP contribution is -2.51. The lowest BCUT2D eigenvalue weighted by molar-refractivity contribution is -0.870. The molecule has 0 radical (unpaired) electrons. The Labute approximate surface area is 598 Å². The minimum Gasteiger partial charge on any atom is -0.756 e. The Balaban J connectivity index is 0. The maximum absolute atomic E-state index is 12.8. The van der Waals surface area contributed by atoms with Gasteiger partial charge in [-0.3, -0.25) is 18.7 Å². The van der Waals surface area contributed by atoms with E-state index in [0.717, 1.165) is 77.0 Å². The average Bonchev–Trinajstić information content (AvgIpc) is 0.916. The number of rotatable bonds is 73. The number of unbranched alkanes of at least 4 members (excludes halogenated alkanes) is 46. The maximum atomic E-state index is 12.8. The topological polar surface area (TPSA) is 236 Å². The molecule has 17 nitrogen and oxygen atoms in total. The molecule has 0 fully saturated rings. The van der Waals surface area contributed by atoms with Gasteiger partial charge in [-0.25, -0.2) is 0 Å². The van der Waals surface area contributed by atoms with E-state index in [4.69, 9.17) is 18.1 Å². The number of phosphoric ester groups is 2. The van der Waals surface area contributed by atoms with Crippen LogP contribution in [0.4, 0.5) is 0 Å². The predicted molar refractivity (Wildman–Crippen MR) is 403 cm³/mol. The molecule has 5 N–H and O–H groups in total. The van der Waals surface area contributed by atoms with Crippen molar-refractivity contribution >= 4 is 27.5 Å². The summed E-state index contributed by atoms with van der Waals surface area (Å²) in [4.78, 5) is 50.4. The molecule has 580 valence electrons. The molecule has 0 rings (SSSR count). The smallest absolute Gasteiger partial charge is 0.268 e. The summed E-state index contributed by atoms with van der Waals surface area (Å²) in [7, 11) is 2.40. The molecule has 97 heavy (non-hydrogen) atoms. The lowest BCUT2D eigenvalue weighted by Gasteiger charge is -2.31. The number of nitrogens with zero attached hydrogens (tertiary/aromatic N) is 2. The van der Waals surface area contributed by atoms with E-state index in [1.54, 1.807) is 6.08 Å². The zero-order valence-corrected chi connectivity index (χ0v) is 66.8. The van der Waals surface area contributed by atoms with Gasteiger partial charge < -0.3 is 62.8 Å². The number of aliphatic hydroxyl groups is 3. The number of allylic oxidation sites excluding steroid dienone is 1. The van der Waals surface area contributed by atoms with Gasteiger partial charge in [0.25, 0.3) is 15.6 Å². The summed E-state index contributed by atoms with van der Waals surface area (Å²) >= 11 is 0. The fourth-order valence-corrected chi connectivity index (χ4v) is 13.3. The SMILES string of the molecule is CCCCCCCCCCCCC/C=C/[C@@H](O)[C@H](COP(=O)([O-])OCC[N+](C)(C)C)NC(=O)CCCCCCCCCCCCCCC.CCCCCCCCCCCCCCCC(=O)N[C@@H](COP(=O)([O-])OCC[N+](C)(C)C)[C@H](O)[C@@H](O)CCCCCCCCCCCCCC. The molecule has 0 saturated carbocycles. The Morgan fingerprint density at radius 3 is 0.938 bits per heavy atom. The molecular formula is C78H160N4O13P2. The van der Waals surface area contributed by atoms with Crippen molar-refractivity contribution in [2.75, 3.05) is 81.8 Å². The predicted octanol–water partition coefficient (Wildman–Crippen LogP) is 18.8. The molecule has 0 aliphatic heterocycles. The minimum absolute atomic E-state index is 0.00175. The summed E-state index contributed by atoms with van der Waals surface area (Å²) in [6, 6.07) is -1.94. The fraction of sp³-hybridized carbons (Fsp3) is 0.949. The third-order valence-corrected chi connectivity index (χ3v) is 20.4. The first kappa shape index (κ1) is 97.8. The van der Waals surface area contributed by atoms with E-state index in [1.165, 1.54) is 244 Å². The highest BCUT2D eigenvalue weighted by Gasteiger charge is 2.30. The standard InChI is InChI=1S/C39H81N2O7P.C39H79N2O6P/c1-6-8-10-12-14-16-18-20-22-24-26-28-30-32-38(43)40-36(35-48-49(45,46)47-34-33-41(3,4)5)39(44)37(42)31-29-27-25-23-21-19-17-15-13-11-9-7-2;1-6-8-10-12-14-16-18-20-22-24-26-28-30-32-38(42)37(36-47-48(44,45)46-35-34-41(3,4)5)40-39(43)33-31-29-27-25-23-21-19-17-15-13-11-9-7-2/h36-37,39,42,44H,6-35H2,1-5H3,(H-,40,43,45,46);30,32,37-38,42H,6-29,31,33-36H2,1-5H3,(H-,40,43,44,45)/b;32-30+/t36-,37-,39-;37-,38+/m00/s1. The van der Waals surface area contributed by atoms with Gasteiger partial charge >= 0.3 is 0 Å². The summed E-state index contributed by atoms with van der Waals surface area (Å²) in [5, 5.41) is 38.2. The number of hydrogen-bond donors (Lipinski definition) is 5. The fourth-order valence-electron chi connectivity index (χ4n) is 11.8. The Morgan fingerprint density at radius 1 is 0.381 bits per heavy atom. The molecule has 0 aromatic carbocycles. The largest absolute Gasteiger partial charge is 0.756 e. The van der Waals surface area contributed by atoms with Gasteiger partial charge in [-0.05, 0) is 32.1 Å². The highest BCUT2D eigenvalue weighted by molar-refractivity contribution is 7.46. The second-order valence-electron chi connectivity index (χ2n) is 30.5. The monoisotopic (exact) mass is 1420 g/mol. The average molecular weight is 1420 g/mol. The van der Waals surface area contributed by atoms with Crippen molar-refractivity contribution in [1.29, 1.82) is 0 Å². The van der Waals surface area contributed by atoms with Crippen molar-refractivity contribution in [3.63, 3.8) is 0 Å². The van der Waals surface area contributed by atoms with Gasteiger partial charge in [-0.2, -0.15) is 0 Å². The van der Waals surface area contributed by atoms with Gasteiger partial charge in [0.1, 0.15) is 32.4 Å². The molecule has 0 aromatic heterocycles. The van der Waals surface area contributed by atoms with Crippen LogP contribution in [0, 0.1) is 0 Å². The van der Waals surface area contributed by atoms with Crippen LogP contribution in [0.1, 0.15) is 368 Å². The number of phosphoric acid groups is 2. The van der Waals surface area contributed by atoms with Gasteiger partial charge in [0.05, 0.1) is 79.8 Å². The van der Waals surface area contributed by atoms with E-state index < -0.39 is 52.6 Å². The van der Waals surface area contributed by atoms with Crippen LogP contribution in [0.5, 0.6) is 0 Å². The van der Waals surface area contributed by atoms with Crippen LogP contribution in [0.15, 0.2) is 12.2 Å². The molecule has 0 bridgehead atoms. The Kier molecular flexibility index (Phi) is 68.4. The van der Waals surface area contributed by atoms with Crippen LogP contribution in [-0.2, 0) is 36.8 Å². The molecule has 19 heteroatoms. The zero-order chi connectivity index (χ0) is 72.4. The first-order valence-corrected chi connectivity index (χ1v) is 43.4. The summed E-state index contributed by atoms with van der Waals surface area (Å²) in [5.41, 5.74) is 0. The van der Waals surface area contributed by atoms with Gasteiger partial charge in [0, 0.05) is 12.8 Å². The number of aliphatic hydroxyl groups excluding tert-OH is 3. The molecule has 7 atom stereocenters. The van der Waals surface area contributed by atoms with E-state index in [1.807, 2.05) is 48.4 Å². The second-order valence-corrected chi connectivity index (χ2v) is 33.3. The Hall–Kier alpha value is -1.30. The molecular weight excluding hydrogens is 1260 g/mol. The van der Waals surface area contributed by atoms with Gasteiger partial charge in [-0.15, -0.1) is 0 Å². The molecule has 0 heterocycles. The van der Waals surface area contributed by atoms with Crippen LogP contribution < -0.4 is 20.4 Å².